The van der Waals surface area contributed by atoms with Crippen LogP contribution < -0.4 is 5.73 Å². The highest BCUT2D eigenvalue weighted by Crippen LogP contribution is 2.60. The van der Waals surface area contributed by atoms with E-state index in [4.69, 9.17) is 5.73 Å². The lowest BCUT2D eigenvalue weighted by molar-refractivity contribution is -0.246. The zero-order valence-electron chi connectivity index (χ0n) is 9.37. The van der Waals surface area contributed by atoms with Gasteiger partial charge in [-0.1, -0.05) is 13.8 Å². The summed E-state index contributed by atoms with van der Waals surface area (Å²) in [6, 6.07) is 1.80. The van der Waals surface area contributed by atoms with Crippen LogP contribution in [0.1, 0.15) is 39.5 Å². The van der Waals surface area contributed by atoms with Crippen molar-refractivity contribution in [3.05, 3.63) is 0 Å². The largest absolute Gasteiger partial charge is 0.330 e. The van der Waals surface area contributed by atoms with Crippen LogP contribution in [0.25, 0.3) is 0 Å². The Labute approximate surface area is 86.8 Å². The fourth-order valence-corrected chi connectivity index (χ4v) is 4.33. The molecule has 2 N–H and O–H groups in total. The van der Waals surface area contributed by atoms with Crippen molar-refractivity contribution in [2.45, 2.75) is 57.2 Å². The summed E-state index contributed by atoms with van der Waals surface area (Å²) in [7, 11) is 0. The molecular weight excluding hydrogens is 172 g/mol. The third kappa shape index (κ3) is 0.892. The fraction of sp³-hybridized carbons (Fsp3) is 1.00. The molecule has 3 fully saturated rings. The average molecular weight is 194 g/mol. The van der Waals surface area contributed by atoms with Crippen LogP contribution >= 0.6 is 0 Å². The zero-order chi connectivity index (χ0) is 9.92. The SMILES string of the molecule is CC(C)C12CC3CC(CN)C[C@H](C1)N32. The van der Waals surface area contributed by atoms with Crippen molar-refractivity contribution in [3.63, 3.8) is 0 Å². The molecule has 3 heterocycles. The summed E-state index contributed by atoms with van der Waals surface area (Å²) < 4.78 is 0. The molecule has 4 atom stereocenters. The third-order valence-corrected chi connectivity index (χ3v) is 5.10. The van der Waals surface area contributed by atoms with Crippen molar-refractivity contribution < 1.29 is 0 Å². The molecule has 0 aliphatic carbocycles. The summed E-state index contributed by atoms with van der Waals surface area (Å²) in [5.41, 5.74) is 6.42. The van der Waals surface area contributed by atoms with Crippen LogP contribution in [0.4, 0.5) is 0 Å². The van der Waals surface area contributed by atoms with E-state index in [1.807, 2.05) is 0 Å². The summed E-state index contributed by atoms with van der Waals surface area (Å²) in [4.78, 5) is 2.82. The minimum atomic E-state index is 0.634. The van der Waals surface area contributed by atoms with Crippen molar-refractivity contribution in [1.82, 2.24) is 4.90 Å². The van der Waals surface area contributed by atoms with Crippen molar-refractivity contribution >= 4 is 0 Å². The topological polar surface area (TPSA) is 29.3 Å². The molecule has 3 aliphatic heterocycles. The van der Waals surface area contributed by atoms with Crippen molar-refractivity contribution in [1.29, 1.82) is 0 Å². The molecule has 2 nitrogen and oxygen atoms in total. The molecule has 3 aliphatic rings. The first-order chi connectivity index (χ1) is 6.67. The van der Waals surface area contributed by atoms with E-state index in [9.17, 15) is 0 Å². The highest BCUT2D eigenvalue weighted by Gasteiger charge is 2.65. The monoisotopic (exact) mass is 194 g/mol. The first kappa shape index (κ1) is 9.17. The molecule has 0 radical (unpaired) electrons. The number of hydrogen-bond donors (Lipinski definition) is 1. The smallest absolute Gasteiger partial charge is 0.0268 e. The van der Waals surface area contributed by atoms with Gasteiger partial charge in [-0.25, -0.2) is 0 Å². The lowest BCUT2D eigenvalue weighted by Crippen LogP contribution is -2.82. The molecule has 14 heavy (non-hydrogen) atoms. The molecular formula is C12H22N2. The van der Waals surface area contributed by atoms with Crippen molar-refractivity contribution in [2.24, 2.45) is 17.6 Å². The Hall–Kier alpha value is -0.0800. The van der Waals surface area contributed by atoms with Gasteiger partial charge in [0.15, 0.2) is 0 Å². The summed E-state index contributed by atoms with van der Waals surface area (Å²) in [5, 5.41) is 0. The van der Waals surface area contributed by atoms with Gasteiger partial charge in [-0.3, -0.25) is 4.90 Å². The van der Waals surface area contributed by atoms with Crippen LogP contribution in [-0.4, -0.2) is 29.1 Å². The number of hydrogen-bond acceptors (Lipinski definition) is 2. The minimum absolute atomic E-state index is 0.634. The molecule has 0 spiro atoms. The van der Waals surface area contributed by atoms with Gasteiger partial charge in [-0.2, -0.15) is 0 Å². The highest BCUT2D eigenvalue weighted by atomic mass is 15.4. The van der Waals surface area contributed by atoms with E-state index in [1.54, 1.807) is 0 Å². The second kappa shape index (κ2) is 2.73. The van der Waals surface area contributed by atoms with Crippen molar-refractivity contribution in [3.8, 4) is 0 Å². The van der Waals surface area contributed by atoms with Crippen molar-refractivity contribution in [2.75, 3.05) is 6.54 Å². The Morgan fingerprint density at radius 2 is 1.86 bits per heavy atom. The van der Waals surface area contributed by atoms with Crippen LogP contribution in [0.2, 0.25) is 0 Å². The molecule has 3 saturated heterocycles. The van der Waals surface area contributed by atoms with Crippen LogP contribution in [0.15, 0.2) is 0 Å². The van der Waals surface area contributed by atoms with E-state index in [0.717, 1.165) is 30.5 Å². The van der Waals surface area contributed by atoms with E-state index in [1.165, 1.54) is 25.7 Å². The molecule has 0 aromatic carbocycles. The molecule has 0 aromatic heterocycles. The van der Waals surface area contributed by atoms with Gasteiger partial charge in [0, 0.05) is 17.6 Å². The Bertz CT molecular complexity index is 233. The van der Waals surface area contributed by atoms with E-state index in [2.05, 4.69) is 18.7 Å². The van der Waals surface area contributed by atoms with E-state index >= 15 is 0 Å². The summed E-state index contributed by atoms with van der Waals surface area (Å²) in [5.74, 6) is 1.68. The predicted molar refractivity (Wildman–Crippen MR) is 58.0 cm³/mol. The number of nitrogens with zero attached hydrogens (tertiary/aromatic N) is 1. The van der Waals surface area contributed by atoms with E-state index < -0.39 is 0 Å². The second-order valence-electron chi connectivity index (χ2n) is 5.95. The maximum Gasteiger partial charge on any atom is 0.0268 e. The number of nitrogens with two attached hydrogens (primary N) is 1. The van der Waals surface area contributed by atoms with Gasteiger partial charge in [0.1, 0.15) is 0 Å². The van der Waals surface area contributed by atoms with Crippen LogP contribution in [0.5, 0.6) is 0 Å². The van der Waals surface area contributed by atoms with Crippen LogP contribution in [-0.2, 0) is 0 Å². The van der Waals surface area contributed by atoms with Crippen LogP contribution in [0, 0.1) is 11.8 Å². The number of rotatable bonds is 2. The highest BCUT2D eigenvalue weighted by molar-refractivity contribution is 5.21. The van der Waals surface area contributed by atoms with Crippen LogP contribution in [0.3, 0.4) is 0 Å². The average Bonchev–Trinajstić information content (AvgIpc) is 2.06. The predicted octanol–water partition coefficient (Wildman–Crippen LogP) is 1.60. The standard InChI is InChI=1S/C12H22N2/c1-8(2)12-5-10-3-9(7-13)4-11(6-12)14(10)12/h8-11H,3-7,13H2,1-2H3/t9?,10-,11?,12?/m1/s1. The Morgan fingerprint density at radius 1 is 1.29 bits per heavy atom. The van der Waals surface area contributed by atoms with Gasteiger partial charge in [0.05, 0.1) is 0 Å². The van der Waals surface area contributed by atoms with Gasteiger partial charge in [-0.05, 0) is 44.1 Å². The number of piperidine rings is 2. The second-order valence-corrected chi connectivity index (χ2v) is 5.95. The molecule has 0 aromatic rings. The maximum atomic E-state index is 5.79. The van der Waals surface area contributed by atoms with Gasteiger partial charge < -0.3 is 5.73 Å². The zero-order valence-corrected chi connectivity index (χ0v) is 9.37. The van der Waals surface area contributed by atoms with Gasteiger partial charge in [-0.15, -0.1) is 0 Å². The molecule has 0 bridgehead atoms. The molecule has 2 heteroatoms. The third-order valence-electron chi connectivity index (χ3n) is 5.10. The first-order valence-electron chi connectivity index (χ1n) is 6.16. The fourth-order valence-electron chi connectivity index (χ4n) is 4.33. The normalized spacial score (nSPS) is 51.0. The summed E-state index contributed by atoms with van der Waals surface area (Å²) >= 11 is 0. The summed E-state index contributed by atoms with van der Waals surface area (Å²) in [6.45, 7) is 5.69. The molecule has 80 valence electrons. The Morgan fingerprint density at radius 3 is 2.29 bits per heavy atom. The molecule has 0 saturated carbocycles. The molecule has 3 rings (SSSR count). The first-order valence-corrected chi connectivity index (χ1v) is 6.16. The maximum absolute atomic E-state index is 5.79. The lowest BCUT2D eigenvalue weighted by Gasteiger charge is -2.75. The Balaban J connectivity index is 1.73. The quantitative estimate of drug-likeness (QED) is 0.723. The van der Waals surface area contributed by atoms with Gasteiger partial charge in [0.25, 0.3) is 0 Å². The van der Waals surface area contributed by atoms with E-state index in [0.29, 0.717) is 5.54 Å². The van der Waals surface area contributed by atoms with Gasteiger partial charge >= 0.3 is 0 Å². The molecule has 0 amide bonds. The Kier molecular flexibility index (Phi) is 1.79. The lowest BCUT2D eigenvalue weighted by atomic mass is 9.54. The summed E-state index contributed by atoms with van der Waals surface area (Å²) in [6.07, 6.45) is 5.66. The van der Waals surface area contributed by atoms with E-state index in [-0.39, 0.29) is 0 Å². The van der Waals surface area contributed by atoms with Gasteiger partial charge in [0.2, 0.25) is 0 Å². The molecule has 3 unspecified atom stereocenters. The minimum Gasteiger partial charge on any atom is -0.330 e.